The van der Waals surface area contributed by atoms with Crippen LogP contribution >= 0.6 is 0 Å². The Bertz CT molecular complexity index is 745. The van der Waals surface area contributed by atoms with E-state index in [0.717, 1.165) is 5.56 Å². The lowest BCUT2D eigenvalue weighted by molar-refractivity contribution is -0.129. The maximum atomic E-state index is 12.7. The van der Waals surface area contributed by atoms with Crippen molar-refractivity contribution in [3.63, 3.8) is 0 Å². The molecular formula is C19H23N3O3. The summed E-state index contributed by atoms with van der Waals surface area (Å²) < 4.78 is 5.38. The van der Waals surface area contributed by atoms with Gasteiger partial charge in [-0.05, 0) is 23.8 Å². The van der Waals surface area contributed by atoms with Crippen LogP contribution in [-0.2, 0) is 9.59 Å². The first-order valence-electron chi connectivity index (χ1n) is 7.90. The third-order valence-corrected chi connectivity index (χ3v) is 3.64. The van der Waals surface area contributed by atoms with Crippen molar-refractivity contribution in [1.82, 2.24) is 4.90 Å². The Labute approximate surface area is 147 Å². The van der Waals surface area contributed by atoms with Gasteiger partial charge in [-0.15, -0.1) is 0 Å². The highest BCUT2D eigenvalue weighted by molar-refractivity contribution is 5.90. The van der Waals surface area contributed by atoms with E-state index in [4.69, 9.17) is 4.74 Å². The van der Waals surface area contributed by atoms with Crippen LogP contribution in [0.15, 0.2) is 48.5 Å². The van der Waals surface area contributed by atoms with Crippen LogP contribution in [0.25, 0.3) is 0 Å². The summed E-state index contributed by atoms with van der Waals surface area (Å²) in [5.41, 5.74) is 2.09. The molecular weight excluding hydrogens is 318 g/mol. The van der Waals surface area contributed by atoms with E-state index in [9.17, 15) is 9.59 Å². The molecule has 0 saturated carbocycles. The number of hydrogen-bond donors (Lipinski definition) is 2. The van der Waals surface area contributed by atoms with Crippen molar-refractivity contribution in [2.24, 2.45) is 0 Å². The molecule has 1 atom stereocenters. The zero-order chi connectivity index (χ0) is 18.4. The van der Waals surface area contributed by atoms with Gasteiger partial charge < -0.3 is 20.3 Å². The van der Waals surface area contributed by atoms with Crippen LogP contribution in [0.5, 0.6) is 5.75 Å². The average molecular weight is 341 g/mol. The van der Waals surface area contributed by atoms with Gasteiger partial charge in [0.05, 0.1) is 12.8 Å². The Balaban J connectivity index is 2.40. The van der Waals surface area contributed by atoms with Crippen molar-refractivity contribution in [2.45, 2.75) is 13.0 Å². The lowest BCUT2D eigenvalue weighted by Crippen LogP contribution is -2.32. The first-order valence-corrected chi connectivity index (χ1v) is 7.90. The van der Waals surface area contributed by atoms with Gasteiger partial charge in [0.25, 0.3) is 0 Å². The normalized spacial score (nSPS) is 11.4. The Morgan fingerprint density at radius 2 is 1.76 bits per heavy atom. The first kappa shape index (κ1) is 18.3. The number of carbonyl (C=O) groups is 2. The van der Waals surface area contributed by atoms with Crippen molar-refractivity contribution in [2.75, 3.05) is 31.8 Å². The largest absolute Gasteiger partial charge is 0.495 e. The first-order chi connectivity index (χ1) is 11.9. The monoisotopic (exact) mass is 341 g/mol. The van der Waals surface area contributed by atoms with Crippen LogP contribution in [0.4, 0.5) is 11.4 Å². The van der Waals surface area contributed by atoms with E-state index in [1.165, 1.54) is 11.8 Å². The highest BCUT2D eigenvalue weighted by Crippen LogP contribution is 2.31. The summed E-state index contributed by atoms with van der Waals surface area (Å²) >= 11 is 0. The van der Waals surface area contributed by atoms with Gasteiger partial charge in [0.15, 0.2) is 0 Å². The van der Waals surface area contributed by atoms with Crippen LogP contribution in [0.1, 0.15) is 18.5 Å². The van der Waals surface area contributed by atoms with Crippen molar-refractivity contribution in [3.05, 3.63) is 54.1 Å². The molecule has 2 N–H and O–H groups in total. The molecule has 0 aliphatic rings. The Kier molecular flexibility index (Phi) is 6.00. The van der Waals surface area contributed by atoms with Gasteiger partial charge in [-0.3, -0.25) is 9.59 Å². The van der Waals surface area contributed by atoms with Gasteiger partial charge in [-0.1, -0.05) is 30.3 Å². The van der Waals surface area contributed by atoms with Gasteiger partial charge >= 0.3 is 0 Å². The van der Waals surface area contributed by atoms with E-state index in [0.29, 0.717) is 17.1 Å². The molecule has 0 bridgehead atoms. The number of likely N-dealkylation sites (N-methyl/N-ethyl adjacent to an activating group) is 1. The molecule has 6 nitrogen and oxygen atoms in total. The van der Waals surface area contributed by atoms with Crippen molar-refractivity contribution in [1.29, 1.82) is 0 Å². The number of nitrogens with one attached hydrogen (secondary N) is 2. The van der Waals surface area contributed by atoms with Gasteiger partial charge in [0.2, 0.25) is 11.8 Å². The predicted molar refractivity (Wildman–Crippen MR) is 98.8 cm³/mol. The summed E-state index contributed by atoms with van der Waals surface area (Å²) in [4.78, 5) is 25.5. The van der Waals surface area contributed by atoms with Crippen molar-refractivity contribution >= 4 is 23.2 Å². The number of methoxy groups -OCH3 is 1. The second kappa shape index (κ2) is 8.19. The molecule has 0 fully saturated rings. The van der Waals surface area contributed by atoms with Crippen LogP contribution in [0, 0.1) is 0 Å². The zero-order valence-electron chi connectivity index (χ0n) is 14.9. The summed E-state index contributed by atoms with van der Waals surface area (Å²) in [6.45, 7) is 1.44. The SMILES string of the molecule is COc1ccc(NC(C)=O)cc1N[C@H](C(=O)N(C)C)c1ccccc1. The van der Waals surface area contributed by atoms with E-state index in [1.54, 1.807) is 39.4 Å². The second-order valence-electron chi connectivity index (χ2n) is 5.82. The lowest BCUT2D eigenvalue weighted by atomic mass is 10.0. The number of hydrogen-bond acceptors (Lipinski definition) is 4. The number of amides is 2. The fourth-order valence-electron chi connectivity index (χ4n) is 2.45. The molecule has 0 heterocycles. The minimum Gasteiger partial charge on any atom is -0.495 e. The summed E-state index contributed by atoms with van der Waals surface area (Å²) in [6.07, 6.45) is 0. The molecule has 6 heteroatoms. The summed E-state index contributed by atoms with van der Waals surface area (Å²) in [6, 6.07) is 14.1. The van der Waals surface area contributed by atoms with E-state index in [-0.39, 0.29) is 11.8 Å². The maximum absolute atomic E-state index is 12.7. The predicted octanol–water partition coefficient (Wildman–Crippen LogP) is 2.90. The summed E-state index contributed by atoms with van der Waals surface area (Å²) in [5.74, 6) is 0.333. The van der Waals surface area contributed by atoms with Crippen LogP contribution in [-0.4, -0.2) is 37.9 Å². The summed E-state index contributed by atoms with van der Waals surface area (Å²) in [5, 5.41) is 5.97. The Morgan fingerprint density at radius 1 is 1.08 bits per heavy atom. The molecule has 0 aromatic heterocycles. The van der Waals surface area contributed by atoms with Gasteiger partial charge in [0, 0.05) is 26.7 Å². The van der Waals surface area contributed by atoms with Crippen LogP contribution in [0.3, 0.4) is 0 Å². The molecule has 0 radical (unpaired) electrons. The highest BCUT2D eigenvalue weighted by atomic mass is 16.5. The molecule has 2 aromatic rings. The molecule has 0 saturated heterocycles. The second-order valence-corrected chi connectivity index (χ2v) is 5.82. The number of nitrogens with zero attached hydrogens (tertiary/aromatic N) is 1. The molecule has 0 aliphatic carbocycles. The van der Waals surface area contributed by atoms with E-state index < -0.39 is 6.04 Å². The maximum Gasteiger partial charge on any atom is 0.249 e. The van der Waals surface area contributed by atoms with Gasteiger partial charge in [-0.2, -0.15) is 0 Å². The molecule has 2 aromatic carbocycles. The van der Waals surface area contributed by atoms with E-state index in [2.05, 4.69) is 10.6 Å². The minimum absolute atomic E-state index is 0.0850. The van der Waals surface area contributed by atoms with E-state index in [1.807, 2.05) is 30.3 Å². The molecule has 132 valence electrons. The smallest absolute Gasteiger partial charge is 0.249 e. The molecule has 0 spiro atoms. The third kappa shape index (κ3) is 4.73. The van der Waals surface area contributed by atoms with E-state index >= 15 is 0 Å². The zero-order valence-corrected chi connectivity index (χ0v) is 14.9. The fraction of sp³-hybridized carbons (Fsp3) is 0.263. The highest BCUT2D eigenvalue weighted by Gasteiger charge is 2.23. The average Bonchev–Trinajstić information content (AvgIpc) is 2.59. The number of benzene rings is 2. The minimum atomic E-state index is -0.572. The van der Waals surface area contributed by atoms with Crippen molar-refractivity contribution in [3.8, 4) is 5.75 Å². The molecule has 0 aliphatic heterocycles. The molecule has 25 heavy (non-hydrogen) atoms. The Hall–Kier alpha value is -3.02. The number of carbonyl (C=O) groups excluding carboxylic acids is 2. The fourth-order valence-corrected chi connectivity index (χ4v) is 2.45. The van der Waals surface area contributed by atoms with Gasteiger partial charge in [-0.25, -0.2) is 0 Å². The van der Waals surface area contributed by atoms with Crippen LogP contribution < -0.4 is 15.4 Å². The molecule has 2 amide bonds. The quantitative estimate of drug-likeness (QED) is 0.847. The van der Waals surface area contributed by atoms with Crippen molar-refractivity contribution < 1.29 is 14.3 Å². The standard InChI is InChI=1S/C19H23N3O3/c1-13(23)20-15-10-11-17(25-4)16(12-15)21-18(19(24)22(2)3)14-8-6-5-7-9-14/h5-12,18,21H,1-4H3,(H,20,23)/t18-/m0/s1. The molecule has 0 unspecified atom stereocenters. The topological polar surface area (TPSA) is 70.7 Å². The molecule has 2 rings (SSSR count). The Morgan fingerprint density at radius 3 is 2.32 bits per heavy atom. The lowest BCUT2D eigenvalue weighted by Gasteiger charge is -2.24. The third-order valence-electron chi connectivity index (χ3n) is 3.64. The van der Waals surface area contributed by atoms with Gasteiger partial charge in [0.1, 0.15) is 11.8 Å². The number of anilines is 2. The summed E-state index contributed by atoms with van der Waals surface area (Å²) in [7, 11) is 4.99. The number of ether oxygens (including phenoxy) is 1. The number of rotatable bonds is 6. The van der Waals surface area contributed by atoms with Crippen LogP contribution in [0.2, 0.25) is 0 Å².